The maximum absolute atomic E-state index is 11.4. The van der Waals surface area contributed by atoms with Crippen molar-refractivity contribution >= 4 is 17.2 Å². The van der Waals surface area contributed by atoms with Gasteiger partial charge in [-0.3, -0.25) is 4.79 Å². The van der Waals surface area contributed by atoms with Crippen LogP contribution in [0.5, 0.6) is 0 Å². The number of carbonyl (C=O) groups excluding carboxylic acids is 1. The average Bonchev–Trinajstić information content (AvgIpc) is 2.47. The Labute approximate surface area is 82.2 Å². The quantitative estimate of drug-likeness (QED) is 0.805. The van der Waals surface area contributed by atoms with Crippen molar-refractivity contribution in [1.29, 1.82) is 0 Å². The predicted molar refractivity (Wildman–Crippen MR) is 54.0 cm³/mol. The lowest BCUT2D eigenvalue weighted by Crippen LogP contribution is -2.26. The van der Waals surface area contributed by atoms with Crippen molar-refractivity contribution in [3.8, 4) is 0 Å². The van der Waals surface area contributed by atoms with Gasteiger partial charge in [0.2, 0.25) is 0 Å². The summed E-state index contributed by atoms with van der Waals surface area (Å²) in [6, 6.07) is 0. The summed E-state index contributed by atoms with van der Waals surface area (Å²) in [5, 5.41) is 3.77. The molecule has 0 radical (unpaired) electrons. The Morgan fingerprint density at radius 2 is 2.38 bits per heavy atom. The SMILES string of the molecule is Cc1ncc(C(=O)NCC(C)C)s1. The number of amides is 1. The Balaban J connectivity index is 2.49. The summed E-state index contributed by atoms with van der Waals surface area (Å²) in [5.41, 5.74) is 0. The highest BCUT2D eigenvalue weighted by Crippen LogP contribution is 2.10. The molecule has 1 rings (SSSR count). The molecule has 0 unspecified atom stereocenters. The highest BCUT2D eigenvalue weighted by atomic mass is 32.1. The van der Waals surface area contributed by atoms with E-state index in [4.69, 9.17) is 0 Å². The minimum absolute atomic E-state index is 0.0145. The van der Waals surface area contributed by atoms with Crippen LogP contribution in [0.2, 0.25) is 0 Å². The highest BCUT2D eigenvalue weighted by molar-refractivity contribution is 7.13. The van der Waals surface area contributed by atoms with Crippen LogP contribution in [0, 0.1) is 12.8 Å². The Kier molecular flexibility index (Phi) is 3.42. The number of aromatic nitrogens is 1. The van der Waals surface area contributed by atoms with Gasteiger partial charge < -0.3 is 5.32 Å². The molecule has 0 bridgehead atoms. The zero-order valence-electron chi connectivity index (χ0n) is 8.13. The Hall–Kier alpha value is -0.900. The van der Waals surface area contributed by atoms with E-state index in [9.17, 15) is 4.79 Å². The van der Waals surface area contributed by atoms with Gasteiger partial charge in [-0.1, -0.05) is 13.8 Å². The van der Waals surface area contributed by atoms with E-state index in [0.717, 1.165) is 11.6 Å². The summed E-state index contributed by atoms with van der Waals surface area (Å²) in [6.07, 6.45) is 1.62. The Bertz CT molecular complexity index is 294. The number of thiazole rings is 1. The molecule has 13 heavy (non-hydrogen) atoms. The van der Waals surface area contributed by atoms with Crippen molar-refractivity contribution in [2.24, 2.45) is 5.92 Å². The molecular formula is C9H14N2OS. The molecule has 0 spiro atoms. The summed E-state index contributed by atoms with van der Waals surface area (Å²) < 4.78 is 0. The van der Waals surface area contributed by atoms with Crippen LogP contribution in [0.4, 0.5) is 0 Å². The summed E-state index contributed by atoms with van der Waals surface area (Å²) in [7, 11) is 0. The van der Waals surface area contributed by atoms with Gasteiger partial charge in [-0.05, 0) is 12.8 Å². The minimum Gasteiger partial charge on any atom is -0.351 e. The molecule has 0 aromatic carbocycles. The zero-order chi connectivity index (χ0) is 9.84. The average molecular weight is 198 g/mol. The van der Waals surface area contributed by atoms with Crippen LogP contribution >= 0.6 is 11.3 Å². The van der Waals surface area contributed by atoms with Gasteiger partial charge in [0.25, 0.3) is 5.91 Å². The first-order chi connectivity index (χ1) is 6.09. The fourth-order valence-electron chi connectivity index (χ4n) is 0.850. The van der Waals surface area contributed by atoms with E-state index in [-0.39, 0.29) is 5.91 Å². The molecule has 72 valence electrons. The normalized spacial score (nSPS) is 10.5. The monoisotopic (exact) mass is 198 g/mol. The van der Waals surface area contributed by atoms with E-state index < -0.39 is 0 Å². The van der Waals surface area contributed by atoms with E-state index in [1.807, 2.05) is 6.92 Å². The van der Waals surface area contributed by atoms with E-state index in [1.54, 1.807) is 6.20 Å². The lowest BCUT2D eigenvalue weighted by Gasteiger charge is -2.04. The Morgan fingerprint density at radius 1 is 1.69 bits per heavy atom. The van der Waals surface area contributed by atoms with E-state index in [2.05, 4.69) is 24.1 Å². The van der Waals surface area contributed by atoms with Crippen LogP contribution in [0.25, 0.3) is 0 Å². The summed E-state index contributed by atoms with van der Waals surface area (Å²) in [5.74, 6) is 0.470. The van der Waals surface area contributed by atoms with Crippen LogP contribution in [0.15, 0.2) is 6.20 Å². The van der Waals surface area contributed by atoms with E-state index in [0.29, 0.717) is 10.8 Å². The first-order valence-electron chi connectivity index (χ1n) is 4.30. The van der Waals surface area contributed by atoms with Crippen molar-refractivity contribution in [3.05, 3.63) is 16.1 Å². The van der Waals surface area contributed by atoms with Gasteiger partial charge >= 0.3 is 0 Å². The van der Waals surface area contributed by atoms with Gasteiger partial charge in [0.05, 0.1) is 11.2 Å². The van der Waals surface area contributed by atoms with Gasteiger partial charge in [-0.2, -0.15) is 0 Å². The first kappa shape index (κ1) is 10.2. The van der Waals surface area contributed by atoms with Gasteiger partial charge in [0.1, 0.15) is 4.88 Å². The topological polar surface area (TPSA) is 42.0 Å². The van der Waals surface area contributed by atoms with Crippen molar-refractivity contribution in [3.63, 3.8) is 0 Å². The number of nitrogens with zero attached hydrogens (tertiary/aromatic N) is 1. The molecule has 0 fully saturated rings. The van der Waals surface area contributed by atoms with Gasteiger partial charge in [-0.15, -0.1) is 11.3 Å². The molecule has 1 N–H and O–H groups in total. The molecule has 0 saturated carbocycles. The molecule has 1 heterocycles. The van der Waals surface area contributed by atoms with Crippen LogP contribution in [-0.4, -0.2) is 17.4 Å². The third kappa shape index (κ3) is 3.14. The molecule has 4 heteroatoms. The second kappa shape index (κ2) is 4.37. The number of nitrogens with one attached hydrogen (secondary N) is 1. The van der Waals surface area contributed by atoms with Crippen molar-refractivity contribution < 1.29 is 4.79 Å². The molecule has 0 saturated heterocycles. The standard InChI is InChI=1S/C9H14N2OS/c1-6(2)4-11-9(12)8-5-10-7(3)13-8/h5-6H,4H2,1-3H3,(H,11,12). The smallest absolute Gasteiger partial charge is 0.263 e. The number of hydrogen-bond acceptors (Lipinski definition) is 3. The number of carbonyl (C=O) groups is 1. The zero-order valence-corrected chi connectivity index (χ0v) is 8.94. The number of aryl methyl sites for hydroxylation is 1. The summed E-state index contributed by atoms with van der Waals surface area (Å²) in [6.45, 7) is 6.75. The molecule has 0 aliphatic carbocycles. The van der Waals surface area contributed by atoms with Gasteiger partial charge in [0.15, 0.2) is 0 Å². The van der Waals surface area contributed by atoms with E-state index >= 15 is 0 Å². The maximum Gasteiger partial charge on any atom is 0.263 e. The van der Waals surface area contributed by atoms with Crippen molar-refractivity contribution in [2.75, 3.05) is 6.54 Å². The van der Waals surface area contributed by atoms with Crippen molar-refractivity contribution in [2.45, 2.75) is 20.8 Å². The lowest BCUT2D eigenvalue weighted by atomic mass is 10.2. The largest absolute Gasteiger partial charge is 0.351 e. The van der Waals surface area contributed by atoms with E-state index in [1.165, 1.54) is 11.3 Å². The first-order valence-corrected chi connectivity index (χ1v) is 5.12. The second-order valence-electron chi connectivity index (χ2n) is 3.35. The molecule has 1 aromatic heterocycles. The summed E-state index contributed by atoms with van der Waals surface area (Å²) in [4.78, 5) is 16.1. The van der Waals surface area contributed by atoms with Crippen LogP contribution in [0.1, 0.15) is 28.5 Å². The van der Waals surface area contributed by atoms with Gasteiger partial charge in [-0.25, -0.2) is 4.98 Å². The van der Waals surface area contributed by atoms with Crippen molar-refractivity contribution in [1.82, 2.24) is 10.3 Å². The molecular weight excluding hydrogens is 184 g/mol. The number of hydrogen-bond donors (Lipinski definition) is 1. The fraction of sp³-hybridized carbons (Fsp3) is 0.556. The Morgan fingerprint density at radius 3 is 2.85 bits per heavy atom. The molecule has 1 aromatic rings. The third-order valence-electron chi connectivity index (χ3n) is 1.52. The molecule has 3 nitrogen and oxygen atoms in total. The fourth-order valence-corrected chi connectivity index (χ4v) is 1.54. The second-order valence-corrected chi connectivity index (χ2v) is 4.58. The summed E-state index contributed by atoms with van der Waals surface area (Å²) >= 11 is 1.42. The van der Waals surface area contributed by atoms with Crippen LogP contribution < -0.4 is 5.32 Å². The minimum atomic E-state index is -0.0145. The molecule has 0 aliphatic heterocycles. The van der Waals surface area contributed by atoms with Gasteiger partial charge in [0, 0.05) is 6.54 Å². The number of rotatable bonds is 3. The molecule has 1 amide bonds. The lowest BCUT2D eigenvalue weighted by molar-refractivity contribution is 0.0953. The highest BCUT2D eigenvalue weighted by Gasteiger charge is 2.08. The molecule has 0 aliphatic rings. The predicted octanol–water partition coefficient (Wildman–Crippen LogP) is 1.84. The molecule has 0 atom stereocenters. The van der Waals surface area contributed by atoms with Crippen LogP contribution in [-0.2, 0) is 0 Å². The third-order valence-corrected chi connectivity index (χ3v) is 2.43. The maximum atomic E-state index is 11.4. The van der Waals surface area contributed by atoms with Crippen LogP contribution in [0.3, 0.4) is 0 Å².